The molecule has 0 aromatic heterocycles. The lowest BCUT2D eigenvalue weighted by Crippen LogP contribution is -1.97. The molecular weight excluding hydrogens is 288 g/mol. The first-order chi connectivity index (χ1) is 11.4. The smallest absolute Gasteiger partial charge is 0.107 e. The highest BCUT2D eigenvalue weighted by Gasteiger charge is 2.36. The monoisotopic (exact) mass is 314 g/mol. The van der Waals surface area contributed by atoms with Crippen LogP contribution in [0, 0.1) is 11.8 Å². The van der Waals surface area contributed by atoms with Crippen molar-refractivity contribution in [3.8, 4) is 11.8 Å². The van der Waals surface area contributed by atoms with Crippen LogP contribution in [-0.4, -0.2) is 30.5 Å². The van der Waals surface area contributed by atoms with Crippen LogP contribution >= 0.6 is 0 Å². The molecule has 2 atom stereocenters. The normalized spacial score (nSPS) is 19.5. The SMILES string of the molecule is OC[C@H]1O[C@@H]1C/C=C/CC#CCCCCOCc1ccccc1. The quantitative estimate of drug-likeness (QED) is 0.311. The second-order valence-electron chi connectivity index (χ2n) is 5.66. The van der Waals surface area contributed by atoms with Gasteiger partial charge in [-0.3, -0.25) is 0 Å². The Labute approximate surface area is 139 Å². The minimum atomic E-state index is 0.0647. The molecule has 1 saturated heterocycles. The molecule has 3 nitrogen and oxygen atoms in total. The maximum Gasteiger partial charge on any atom is 0.107 e. The van der Waals surface area contributed by atoms with Crippen LogP contribution in [-0.2, 0) is 16.1 Å². The molecule has 3 heteroatoms. The molecule has 0 unspecified atom stereocenters. The zero-order valence-corrected chi connectivity index (χ0v) is 13.6. The molecule has 0 aliphatic carbocycles. The fraction of sp³-hybridized carbons (Fsp3) is 0.500. The molecule has 1 aliphatic heterocycles. The summed E-state index contributed by atoms with van der Waals surface area (Å²) in [5, 5.41) is 8.83. The lowest BCUT2D eigenvalue weighted by Gasteiger charge is -2.02. The topological polar surface area (TPSA) is 42.0 Å². The zero-order valence-electron chi connectivity index (χ0n) is 13.6. The molecule has 1 aromatic rings. The van der Waals surface area contributed by atoms with Crippen molar-refractivity contribution < 1.29 is 14.6 Å². The summed E-state index contributed by atoms with van der Waals surface area (Å²) in [7, 11) is 0. The Balaban J connectivity index is 1.38. The number of aliphatic hydroxyl groups is 1. The van der Waals surface area contributed by atoms with E-state index in [1.165, 1.54) is 5.56 Å². The van der Waals surface area contributed by atoms with Crippen molar-refractivity contribution in [3.05, 3.63) is 48.0 Å². The highest BCUT2D eigenvalue weighted by atomic mass is 16.6. The molecule has 0 radical (unpaired) electrons. The maximum absolute atomic E-state index is 8.83. The summed E-state index contributed by atoms with van der Waals surface area (Å²) in [5.41, 5.74) is 1.22. The van der Waals surface area contributed by atoms with Crippen LogP contribution in [0.15, 0.2) is 42.5 Å². The molecule has 1 fully saturated rings. The summed E-state index contributed by atoms with van der Waals surface area (Å²) < 4.78 is 10.9. The van der Waals surface area contributed by atoms with Crippen LogP contribution in [0.25, 0.3) is 0 Å². The first kappa shape index (κ1) is 17.7. The first-order valence-electron chi connectivity index (χ1n) is 8.39. The van der Waals surface area contributed by atoms with E-state index in [1.807, 2.05) is 18.2 Å². The Morgan fingerprint density at radius 3 is 2.74 bits per heavy atom. The van der Waals surface area contributed by atoms with E-state index in [-0.39, 0.29) is 18.8 Å². The zero-order chi connectivity index (χ0) is 16.2. The largest absolute Gasteiger partial charge is 0.394 e. The maximum atomic E-state index is 8.83. The number of epoxide rings is 1. The fourth-order valence-corrected chi connectivity index (χ4v) is 2.26. The van der Waals surface area contributed by atoms with Gasteiger partial charge < -0.3 is 14.6 Å². The summed E-state index contributed by atoms with van der Waals surface area (Å²) in [4.78, 5) is 0. The number of hydrogen-bond donors (Lipinski definition) is 1. The number of rotatable bonds is 10. The van der Waals surface area contributed by atoms with E-state index in [1.54, 1.807) is 0 Å². The molecule has 0 saturated carbocycles. The molecule has 2 rings (SSSR count). The molecular formula is C20H26O3. The van der Waals surface area contributed by atoms with Gasteiger partial charge in [0.25, 0.3) is 0 Å². The Kier molecular flexibility index (Phi) is 8.50. The average molecular weight is 314 g/mol. The molecule has 124 valence electrons. The molecule has 1 aliphatic rings. The van der Waals surface area contributed by atoms with Gasteiger partial charge in [-0.1, -0.05) is 48.4 Å². The van der Waals surface area contributed by atoms with Crippen LogP contribution < -0.4 is 0 Å². The Hall–Kier alpha value is -1.60. The van der Waals surface area contributed by atoms with Crippen LogP contribution in [0.4, 0.5) is 0 Å². The van der Waals surface area contributed by atoms with E-state index in [4.69, 9.17) is 14.6 Å². The van der Waals surface area contributed by atoms with E-state index >= 15 is 0 Å². The number of allylic oxidation sites excluding steroid dienone is 1. The van der Waals surface area contributed by atoms with Gasteiger partial charge >= 0.3 is 0 Å². The van der Waals surface area contributed by atoms with Crippen molar-refractivity contribution in [1.29, 1.82) is 0 Å². The van der Waals surface area contributed by atoms with Gasteiger partial charge in [0, 0.05) is 19.4 Å². The van der Waals surface area contributed by atoms with Crippen LogP contribution in [0.3, 0.4) is 0 Å². The van der Waals surface area contributed by atoms with Gasteiger partial charge in [0.05, 0.1) is 19.3 Å². The van der Waals surface area contributed by atoms with Crippen LogP contribution in [0.5, 0.6) is 0 Å². The third-order valence-electron chi connectivity index (χ3n) is 3.70. The van der Waals surface area contributed by atoms with Gasteiger partial charge in [-0.2, -0.15) is 0 Å². The van der Waals surface area contributed by atoms with Crippen LogP contribution in [0.1, 0.15) is 37.7 Å². The second kappa shape index (κ2) is 11.0. The van der Waals surface area contributed by atoms with Gasteiger partial charge in [0.15, 0.2) is 0 Å². The van der Waals surface area contributed by atoms with E-state index in [9.17, 15) is 0 Å². The molecule has 0 bridgehead atoms. The third-order valence-corrected chi connectivity index (χ3v) is 3.70. The first-order valence-corrected chi connectivity index (χ1v) is 8.39. The average Bonchev–Trinajstić information content (AvgIpc) is 3.35. The lowest BCUT2D eigenvalue weighted by molar-refractivity contribution is 0.117. The van der Waals surface area contributed by atoms with Crippen LogP contribution in [0.2, 0.25) is 0 Å². The fourth-order valence-electron chi connectivity index (χ4n) is 2.26. The Morgan fingerprint density at radius 2 is 1.96 bits per heavy atom. The highest BCUT2D eigenvalue weighted by molar-refractivity contribution is 5.13. The summed E-state index contributed by atoms with van der Waals surface area (Å²) in [5.74, 6) is 6.34. The summed E-state index contributed by atoms with van der Waals surface area (Å²) in [6.45, 7) is 1.62. The van der Waals surface area contributed by atoms with Crippen molar-refractivity contribution >= 4 is 0 Å². The van der Waals surface area contributed by atoms with E-state index < -0.39 is 0 Å². The predicted octanol–water partition coefficient (Wildman–Crippen LogP) is 3.47. The van der Waals surface area contributed by atoms with Crippen molar-refractivity contribution in [3.63, 3.8) is 0 Å². The number of aliphatic hydroxyl groups excluding tert-OH is 1. The minimum Gasteiger partial charge on any atom is -0.394 e. The predicted molar refractivity (Wildman–Crippen MR) is 91.8 cm³/mol. The number of ether oxygens (including phenoxy) is 2. The number of unbranched alkanes of at least 4 members (excludes halogenated alkanes) is 2. The van der Waals surface area contributed by atoms with Crippen molar-refractivity contribution in [2.24, 2.45) is 0 Å². The van der Waals surface area contributed by atoms with Gasteiger partial charge in [-0.25, -0.2) is 0 Å². The summed E-state index contributed by atoms with van der Waals surface area (Å²) >= 11 is 0. The summed E-state index contributed by atoms with van der Waals surface area (Å²) in [6, 6.07) is 10.2. The standard InChI is InChI=1S/C20H26O3/c21-16-20-19(23-20)14-10-5-3-1-2-4-6-11-15-22-17-18-12-8-7-9-13-18/h5,7-10,12-13,19-21H,3-4,6,11,14-17H2/b10-5+/t19-,20-/m1/s1. The van der Waals surface area contributed by atoms with E-state index in [0.29, 0.717) is 6.61 Å². The number of hydrogen-bond acceptors (Lipinski definition) is 3. The van der Waals surface area contributed by atoms with Crippen molar-refractivity contribution in [2.75, 3.05) is 13.2 Å². The van der Waals surface area contributed by atoms with E-state index in [2.05, 4.69) is 36.1 Å². The van der Waals surface area contributed by atoms with Crippen molar-refractivity contribution in [1.82, 2.24) is 0 Å². The molecule has 23 heavy (non-hydrogen) atoms. The minimum absolute atomic E-state index is 0.0647. The van der Waals surface area contributed by atoms with Gasteiger partial charge in [0.2, 0.25) is 0 Å². The van der Waals surface area contributed by atoms with Gasteiger partial charge in [-0.05, 0) is 24.8 Å². The molecule has 0 amide bonds. The summed E-state index contributed by atoms with van der Waals surface area (Å²) in [6.07, 6.45) is 9.19. The Bertz CT molecular complexity index is 513. The lowest BCUT2D eigenvalue weighted by atomic mass is 10.2. The highest BCUT2D eigenvalue weighted by Crippen LogP contribution is 2.24. The molecule has 0 spiro atoms. The van der Waals surface area contributed by atoms with Gasteiger partial charge in [-0.15, -0.1) is 5.92 Å². The molecule has 1 N–H and O–H groups in total. The van der Waals surface area contributed by atoms with Gasteiger partial charge in [0.1, 0.15) is 6.10 Å². The second-order valence-corrected chi connectivity index (χ2v) is 5.66. The Morgan fingerprint density at radius 1 is 1.09 bits per heavy atom. The molecule has 1 aromatic carbocycles. The number of benzene rings is 1. The van der Waals surface area contributed by atoms with E-state index in [0.717, 1.165) is 38.7 Å². The molecule has 1 heterocycles. The third kappa shape index (κ3) is 7.99. The van der Waals surface area contributed by atoms with Crippen molar-refractivity contribution in [2.45, 2.75) is 50.9 Å².